The molecule has 27 heavy (non-hydrogen) atoms. The number of esters is 1. The maximum Gasteiger partial charge on any atom is 0.314 e. The molecule has 0 saturated heterocycles. The molecule has 0 atom stereocenters. The first-order valence-corrected chi connectivity index (χ1v) is 8.59. The van der Waals surface area contributed by atoms with Crippen LogP contribution in [0, 0.1) is 20.8 Å². The first-order valence-electron chi connectivity index (χ1n) is 8.59. The lowest BCUT2D eigenvalue weighted by Gasteiger charge is -2.20. The summed E-state index contributed by atoms with van der Waals surface area (Å²) in [7, 11) is 4.67. The molecule has 0 spiro atoms. The van der Waals surface area contributed by atoms with Gasteiger partial charge in [-0.2, -0.15) is 0 Å². The molecule has 142 valence electrons. The minimum atomic E-state index is -0.391. The van der Waals surface area contributed by atoms with Crippen LogP contribution in [0.3, 0.4) is 0 Å². The monoisotopic (exact) mass is 369 g/mol. The molecule has 0 N–H and O–H groups in total. The van der Waals surface area contributed by atoms with Crippen LogP contribution in [0.5, 0.6) is 11.5 Å². The van der Waals surface area contributed by atoms with Gasteiger partial charge in [-0.1, -0.05) is 6.07 Å². The van der Waals surface area contributed by atoms with Gasteiger partial charge in [-0.25, -0.2) is 4.98 Å². The Morgan fingerprint density at radius 1 is 1.00 bits per heavy atom. The van der Waals surface area contributed by atoms with Crippen LogP contribution < -0.4 is 9.47 Å². The standard InChI is InChI=1S/C21H23NO5/c1-11-12(2)21(26-6)19(13(3)20(11)25-5)14-7-8-15-16(9-14)27-17(22-15)10-18(23)24-4/h7-9H,10H2,1-6H3. The summed E-state index contributed by atoms with van der Waals surface area (Å²) in [5, 5.41) is 0. The number of nitrogens with zero attached hydrogens (tertiary/aromatic N) is 1. The smallest absolute Gasteiger partial charge is 0.314 e. The van der Waals surface area contributed by atoms with Gasteiger partial charge < -0.3 is 18.6 Å². The Kier molecular flexibility index (Phi) is 5.08. The van der Waals surface area contributed by atoms with Crippen molar-refractivity contribution in [2.75, 3.05) is 21.3 Å². The van der Waals surface area contributed by atoms with E-state index in [4.69, 9.17) is 13.9 Å². The number of hydrogen-bond acceptors (Lipinski definition) is 6. The summed E-state index contributed by atoms with van der Waals surface area (Å²) in [5.41, 5.74) is 6.24. The van der Waals surface area contributed by atoms with E-state index in [0.717, 1.165) is 39.3 Å². The van der Waals surface area contributed by atoms with Gasteiger partial charge in [-0.3, -0.25) is 4.79 Å². The SMILES string of the molecule is COC(=O)Cc1nc2ccc(-c3c(C)c(OC)c(C)c(C)c3OC)cc2o1. The fourth-order valence-electron chi connectivity index (χ4n) is 3.40. The number of fused-ring (bicyclic) bond motifs is 1. The molecule has 0 aliphatic rings. The molecule has 3 aromatic rings. The van der Waals surface area contributed by atoms with Crippen LogP contribution in [0.1, 0.15) is 22.6 Å². The Hall–Kier alpha value is -3.02. The third-order valence-electron chi connectivity index (χ3n) is 4.84. The Morgan fingerprint density at radius 3 is 2.30 bits per heavy atom. The molecule has 0 aliphatic heterocycles. The van der Waals surface area contributed by atoms with Crippen molar-refractivity contribution in [3.63, 3.8) is 0 Å². The van der Waals surface area contributed by atoms with E-state index in [-0.39, 0.29) is 6.42 Å². The largest absolute Gasteiger partial charge is 0.496 e. The van der Waals surface area contributed by atoms with Crippen molar-refractivity contribution in [1.82, 2.24) is 4.98 Å². The number of hydrogen-bond donors (Lipinski definition) is 0. The molecule has 1 aromatic heterocycles. The fourth-order valence-corrected chi connectivity index (χ4v) is 3.40. The van der Waals surface area contributed by atoms with Crippen molar-refractivity contribution in [3.8, 4) is 22.6 Å². The van der Waals surface area contributed by atoms with Crippen LogP contribution in [-0.2, 0) is 16.0 Å². The maximum atomic E-state index is 11.5. The van der Waals surface area contributed by atoms with Crippen LogP contribution in [0.2, 0.25) is 0 Å². The van der Waals surface area contributed by atoms with E-state index in [0.29, 0.717) is 17.0 Å². The molecule has 6 heteroatoms. The number of aromatic nitrogens is 1. The molecule has 0 bridgehead atoms. The molecule has 0 aliphatic carbocycles. The fraction of sp³-hybridized carbons (Fsp3) is 0.333. The van der Waals surface area contributed by atoms with Crippen molar-refractivity contribution in [1.29, 1.82) is 0 Å². The summed E-state index contributed by atoms with van der Waals surface area (Å²) in [4.78, 5) is 15.8. The third kappa shape index (κ3) is 3.23. The van der Waals surface area contributed by atoms with Gasteiger partial charge in [0.05, 0.1) is 21.3 Å². The molecule has 1 heterocycles. The van der Waals surface area contributed by atoms with E-state index in [9.17, 15) is 4.79 Å². The van der Waals surface area contributed by atoms with E-state index in [2.05, 4.69) is 9.72 Å². The van der Waals surface area contributed by atoms with Crippen molar-refractivity contribution in [2.24, 2.45) is 0 Å². The van der Waals surface area contributed by atoms with E-state index >= 15 is 0 Å². The van der Waals surface area contributed by atoms with Crippen molar-refractivity contribution in [2.45, 2.75) is 27.2 Å². The third-order valence-corrected chi connectivity index (χ3v) is 4.84. The summed E-state index contributed by atoms with van der Waals surface area (Å²) in [6, 6.07) is 5.74. The number of carbonyl (C=O) groups excluding carboxylic acids is 1. The Labute approximate surface area is 158 Å². The number of benzene rings is 2. The zero-order valence-corrected chi connectivity index (χ0v) is 16.4. The number of methoxy groups -OCH3 is 3. The highest BCUT2D eigenvalue weighted by Crippen LogP contribution is 2.44. The van der Waals surface area contributed by atoms with Gasteiger partial charge in [0.2, 0.25) is 5.89 Å². The predicted molar refractivity (Wildman–Crippen MR) is 102 cm³/mol. The van der Waals surface area contributed by atoms with Crippen LogP contribution >= 0.6 is 0 Å². The lowest BCUT2D eigenvalue weighted by Crippen LogP contribution is -2.04. The molecule has 0 unspecified atom stereocenters. The highest BCUT2D eigenvalue weighted by Gasteiger charge is 2.21. The average molecular weight is 369 g/mol. The van der Waals surface area contributed by atoms with Crippen LogP contribution in [0.4, 0.5) is 0 Å². The second kappa shape index (κ2) is 7.31. The van der Waals surface area contributed by atoms with Gasteiger partial charge in [0.25, 0.3) is 0 Å². The average Bonchev–Trinajstić information content (AvgIpc) is 3.05. The predicted octanol–water partition coefficient (Wildman–Crippen LogP) is 4.15. The molecule has 0 amide bonds. The quantitative estimate of drug-likeness (QED) is 0.629. The van der Waals surface area contributed by atoms with E-state index in [1.807, 2.05) is 39.0 Å². The molecule has 3 rings (SSSR count). The Bertz CT molecular complexity index is 1020. The van der Waals surface area contributed by atoms with Gasteiger partial charge in [-0.15, -0.1) is 0 Å². The van der Waals surface area contributed by atoms with Crippen LogP contribution in [0.15, 0.2) is 22.6 Å². The summed E-state index contributed by atoms with van der Waals surface area (Å²) in [6.07, 6.45) is 0.000322. The van der Waals surface area contributed by atoms with Crippen molar-refractivity contribution >= 4 is 17.1 Å². The molecular formula is C21H23NO5. The van der Waals surface area contributed by atoms with Crippen LogP contribution in [0.25, 0.3) is 22.2 Å². The van der Waals surface area contributed by atoms with E-state index in [1.165, 1.54) is 7.11 Å². The highest BCUT2D eigenvalue weighted by atomic mass is 16.5. The lowest BCUT2D eigenvalue weighted by molar-refractivity contribution is -0.140. The molecule has 2 aromatic carbocycles. The first kappa shape index (κ1) is 18.8. The molecule has 6 nitrogen and oxygen atoms in total. The molecule has 0 fully saturated rings. The Morgan fingerprint density at radius 2 is 1.67 bits per heavy atom. The van der Waals surface area contributed by atoms with Gasteiger partial charge >= 0.3 is 5.97 Å². The van der Waals surface area contributed by atoms with Gasteiger partial charge in [0.1, 0.15) is 23.4 Å². The minimum Gasteiger partial charge on any atom is -0.496 e. The number of rotatable bonds is 5. The molecular weight excluding hydrogens is 346 g/mol. The zero-order valence-electron chi connectivity index (χ0n) is 16.4. The number of oxazole rings is 1. The summed E-state index contributed by atoms with van der Waals surface area (Å²) < 4.78 is 21.7. The second-order valence-corrected chi connectivity index (χ2v) is 6.36. The summed E-state index contributed by atoms with van der Waals surface area (Å²) >= 11 is 0. The lowest BCUT2D eigenvalue weighted by atomic mass is 9.92. The number of ether oxygens (including phenoxy) is 3. The van der Waals surface area contributed by atoms with Crippen molar-refractivity contribution < 1.29 is 23.4 Å². The number of carbonyl (C=O) groups is 1. The first-order chi connectivity index (χ1) is 12.9. The highest BCUT2D eigenvalue weighted by molar-refractivity contribution is 5.86. The zero-order chi connectivity index (χ0) is 19.7. The summed E-state index contributed by atoms with van der Waals surface area (Å²) in [5.74, 6) is 1.58. The topological polar surface area (TPSA) is 70.8 Å². The van der Waals surface area contributed by atoms with Gasteiger partial charge in [0.15, 0.2) is 5.58 Å². The minimum absolute atomic E-state index is 0.000322. The maximum absolute atomic E-state index is 11.5. The van der Waals surface area contributed by atoms with E-state index < -0.39 is 5.97 Å². The second-order valence-electron chi connectivity index (χ2n) is 6.36. The van der Waals surface area contributed by atoms with Gasteiger partial charge in [0, 0.05) is 11.1 Å². The summed E-state index contributed by atoms with van der Waals surface area (Å²) in [6.45, 7) is 6.05. The van der Waals surface area contributed by atoms with Gasteiger partial charge in [-0.05, 0) is 49.6 Å². The Balaban J connectivity index is 2.17. The van der Waals surface area contributed by atoms with Crippen molar-refractivity contribution in [3.05, 3.63) is 40.8 Å². The molecule has 0 saturated carbocycles. The molecule has 0 radical (unpaired) electrons. The normalized spacial score (nSPS) is 10.9. The van der Waals surface area contributed by atoms with Crippen LogP contribution in [-0.4, -0.2) is 32.3 Å². The van der Waals surface area contributed by atoms with E-state index in [1.54, 1.807) is 14.2 Å².